The zero-order valence-electron chi connectivity index (χ0n) is 14.1. The summed E-state index contributed by atoms with van der Waals surface area (Å²) >= 11 is 1.47. The Bertz CT molecular complexity index is 370. The standard InChI is InChI=1S/C16H29N3O2S.ClH/c1-17-11-14-5-9-19(10-6-14)16(21)13-22-12-15(20)18-7-3-2-4-8-18;/h14,17H,2-13H2,1H3;1H. The van der Waals surface area contributed by atoms with Crippen LogP contribution in [-0.2, 0) is 9.59 Å². The third kappa shape index (κ3) is 6.89. The van der Waals surface area contributed by atoms with E-state index in [0.717, 1.165) is 58.4 Å². The highest BCUT2D eigenvalue weighted by Crippen LogP contribution is 2.18. The average Bonchev–Trinajstić information content (AvgIpc) is 2.56. The Morgan fingerprint density at radius 1 is 0.957 bits per heavy atom. The highest BCUT2D eigenvalue weighted by Gasteiger charge is 2.23. The maximum absolute atomic E-state index is 12.2. The zero-order chi connectivity index (χ0) is 15.8. The van der Waals surface area contributed by atoms with Gasteiger partial charge in [0.05, 0.1) is 11.5 Å². The fraction of sp³-hybridized carbons (Fsp3) is 0.875. The van der Waals surface area contributed by atoms with Gasteiger partial charge in [-0.25, -0.2) is 0 Å². The number of likely N-dealkylation sites (tertiary alicyclic amines) is 2. The van der Waals surface area contributed by atoms with Crippen molar-refractivity contribution in [3.8, 4) is 0 Å². The molecule has 2 saturated heterocycles. The van der Waals surface area contributed by atoms with Crippen molar-refractivity contribution >= 4 is 36.0 Å². The highest BCUT2D eigenvalue weighted by molar-refractivity contribution is 8.00. The number of hydrogen-bond donors (Lipinski definition) is 1. The third-order valence-electron chi connectivity index (χ3n) is 4.62. The molecule has 0 aromatic heterocycles. The van der Waals surface area contributed by atoms with Crippen LogP contribution in [0.3, 0.4) is 0 Å². The third-order valence-corrected chi connectivity index (χ3v) is 5.52. The molecule has 0 radical (unpaired) electrons. The van der Waals surface area contributed by atoms with Crippen LogP contribution in [0.1, 0.15) is 32.1 Å². The van der Waals surface area contributed by atoms with Crippen LogP contribution in [0.15, 0.2) is 0 Å². The van der Waals surface area contributed by atoms with Gasteiger partial charge in [-0.15, -0.1) is 24.2 Å². The van der Waals surface area contributed by atoms with E-state index in [4.69, 9.17) is 0 Å². The molecule has 0 unspecified atom stereocenters. The smallest absolute Gasteiger partial charge is 0.232 e. The topological polar surface area (TPSA) is 52.7 Å². The number of carbonyl (C=O) groups excluding carboxylic acids is 2. The molecule has 2 aliphatic rings. The van der Waals surface area contributed by atoms with E-state index in [0.29, 0.717) is 17.4 Å². The molecule has 134 valence electrons. The molecule has 0 aromatic carbocycles. The zero-order valence-corrected chi connectivity index (χ0v) is 15.7. The second-order valence-electron chi connectivity index (χ2n) is 6.32. The molecule has 0 spiro atoms. The number of carbonyl (C=O) groups is 2. The van der Waals surface area contributed by atoms with Gasteiger partial charge in [-0.2, -0.15) is 0 Å². The Hall–Kier alpha value is -0.460. The first-order chi connectivity index (χ1) is 10.7. The van der Waals surface area contributed by atoms with Gasteiger partial charge in [0.15, 0.2) is 0 Å². The number of nitrogens with zero attached hydrogens (tertiary/aromatic N) is 2. The van der Waals surface area contributed by atoms with Gasteiger partial charge < -0.3 is 15.1 Å². The van der Waals surface area contributed by atoms with Gasteiger partial charge in [0.25, 0.3) is 0 Å². The molecule has 2 aliphatic heterocycles. The number of piperidine rings is 2. The minimum absolute atomic E-state index is 0. The highest BCUT2D eigenvalue weighted by atomic mass is 35.5. The number of rotatable bonds is 6. The lowest BCUT2D eigenvalue weighted by molar-refractivity contribution is -0.129. The quantitative estimate of drug-likeness (QED) is 0.779. The molecule has 2 heterocycles. The maximum Gasteiger partial charge on any atom is 0.232 e. The van der Waals surface area contributed by atoms with Gasteiger partial charge in [0.2, 0.25) is 11.8 Å². The molecule has 0 saturated carbocycles. The Labute approximate surface area is 150 Å². The summed E-state index contributed by atoms with van der Waals surface area (Å²) in [6.07, 6.45) is 5.65. The number of thioether (sulfide) groups is 1. The van der Waals surface area contributed by atoms with Crippen molar-refractivity contribution in [2.45, 2.75) is 32.1 Å². The van der Waals surface area contributed by atoms with Gasteiger partial charge >= 0.3 is 0 Å². The molecule has 0 aromatic rings. The van der Waals surface area contributed by atoms with Gasteiger partial charge in [-0.05, 0) is 51.6 Å². The van der Waals surface area contributed by atoms with E-state index in [1.807, 2.05) is 16.8 Å². The van der Waals surface area contributed by atoms with Crippen LogP contribution in [0.25, 0.3) is 0 Å². The Balaban J connectivity index is 0.00000264. The molecule has 2 fully saturated rings. The fourth-order valence-corrected chi connectivity index (χ4v) is 4.04. The summed E-state index contributed by atoms with van der Waals surface area (Å²) in [5, 5.41) is 3.21. The molecule has 1 N–H and O–H groups in total. The Morgan fingerprint density at radius 3 is 2.00 bits per heavy atom. The Morgan fingerprint density at radius 2 is 1.48 bits per heavy atom. The largest absolute Gasteiger partial charge is 0.342 e. The average molecular weight is 364 g/mol. The van der Waals surface area contributed by atoms with Crippen molar-refractivity contribution in [1.29, 1.82) is 0 Å². The van der Waals surface area contributed by atoms with E-state index < -0.39 is 0 Å². The predicted octanol–water partition coefficient (Wildman–Crippen LogP) is 1.61. The van der Waals surface area contributed by atoms with E-state index in [-0.39, 0.29) is 24.2 Å². The first kappa shape index (κ1) is 20.6. The Kier molecular flexibility index (Phi) is 9.99. The minimum Gasteiger partial charge on any atom is -0.342 e. The first-order valence-corrected chi connectivity index (χ1v) is 9.64. The molecular weight excluding hydrogens is 334 g/mol. The summed E-state index contributed by atoms with van der Waals surface area (Å²) in [6, 6.07) is 0. The van der Waals surface area contributed by atoms with E-state index in [9.17, 15) is 9.59 Å². The van der Waals surface area contributed by atoms with Crippen LogP contribution >= 0.6 is 24.2 Å². The van der Waals surface area contributed by atoms with Crippen molar-refractivity contribution in [3.05, 3.63) is 0 Å². The fourth-order valence-electron chi connectivity index (χ4n) is 3.23. The number of halogens is 1. The lowest BCUT2D eigenvalue weighted by Crippen LogP contribution is -2.41. The van der Waals surface area contributed by atoms with Crippen molar-refractivity contribution in [1.82, 2.24) is 15.1 Å². The summed E-state index contributed by atoms with van der Waals surface area (Å²) in [5.74, 6) is 1.98. The molecule has 0 aliphatic carbocycles. The van der Waals surface area contributed by atoms with Crippen LogP contribution in [0.4, 0.5) is 0 Å². The van der Waals surface area contributed by atoms with Gasteiger partial charge in [-0.1, -0.05) is 0 Å². The second-order valence-corrected chi connectivity index (χ2v) is 7.30. The number of hydrogen-bond acceptors (Lipinski definition) is 4. The van der Waals surface area contributed by atoms with Crippen molar-refractivity contribution in [2.24, 2.45) is 5.92 Å². The molecule has 0 bridgehead atoms. The van der Waals surface area contributed by atoms with Gasteiger partial charge in [0, 0.05) is 26.2 Å². The molecular formula is C16H30ClN3O2S. The van der Waals surface area contributed by atoms with Gasteiger partial charge in [-0.3, -0.25) is 9.59 Å². The molecule has 23 heavy (non-hydrogen) atoms. The summed E-state index contributed by atoms with van der Waals surface area (Å²) in [5.41, 5.74) is 0. The van der Waals surface area contributed by atoms with Crippen molar-refractivity contribution < 1.29 is 9.59 Å². The summed E-state index contributed by atoms with van der Waals surface area (Å²) < 4.78 is 0. The van der Waals surface area contributed by atoms with E-state index in [2.05, 4.69) is 5.32 Å². The minimum atomic E-state index is 0. The number of nitrogens with one attached hydrogen (secondary N) is 1. The van der Waals surface area contributed by atoms with Crippen LogP contribution in [-0.4, -0.2) is 72.9 Å². The normalized spacial score (nSPS) is 19.3. The lowest BCUT2D eigenvalue weighted by Gasteiger charge is -2.32. The van der Waals surface area contributed by atoms with Crippen molar-refractivity contribution in [3.63, 3.8) is 0 Å². The number of amides is 2. The molecule has 2 rings (SSSR count). The van der Waals surface area contributed by atoms with Crippen LogP contribution in [0, 0.1) is 5.92 Å². The lowest BCUT2D eigenvalue weighted by atomic mass is 9.97. The maximum atomic E-state index is 12.2. The molecule has 0 atom stereocenters. The summed E-state index contributed by atoms with van der Waals surface area (Å²) in [6.45, 7) is 4.57. The molecule has 5 nitrogen and oxygen atoms in total. The molecule has 7 heteroatoms. The van der Waals surface area contributed by atoms with Crippen LogP contribution < -0.4 is 5.32 Å². The second kappa shape index (κ2) is 11.2. The first-order valence-electron chi connectivity index (χ1n) is 8.48. The SMILES string of the molecule is CNCC1CCN(C(=O)CSCC(=O)N2CCCCC2)CC1.Cl. The molecule has 2 amide bonds. The van der Waals surface area contributed by atoms with Crippen LogP contribution in [0.2, 0.25) is 0 Å². The van der Waals surface area contributed by atoms with E-state index in [1.165, 1.54) is 18.2 Å². The summed E-state index contributed by atoms with van der Waals surface area (Å²) in [4.78, 5) is 28.1. The van der Waals surface area contributed by atoms with E-state index >= 15 is 0 Å². The van der Waals surface area contributed by atoms with Gasteiger partial charge in [0.1, 0.15) is 0 Å². The van der Waals surface area contributed by atoms with Crippen molar-refractivity contribution in [2.75, 3.05) is 51.3 Å². The van der Waals surface area contributed by atoms with Crippen LogP contribution in [0.5, 0.6) is 0 Å². The predicted molar refractivity (Wildman–Crippen MR) is 98.2 cm³/mol. The van der Waals surface area contributed by atoms with E-state index in [1.54, 1.807) is 0 Å². The summed E-state index contributed by atoms with van der Waals surface area (Å²) in [7, 11) is 1.98. The monoisotopic (exact) mass is 363 g/mol.